The summed E-state index contributed by atoms with van der Waals surface area (Å²) in [6.07, 6.45) is 2.93. The molecule has 0 fully saturated rings. The lowest BCUT2D eigenvalue weighted by molar-refractivity contribution is -0.111. The van der Waals surface area contributed by atoms with Gasteiger partial charge in [0.1, 0.15) is 11.3 Å². The molecule has 0 saturated carbocycles. The van der Waals surface area contributed by atoms with Crippen LogP contribution in [0.5, 0.6) is 5.75 Å². The summed E-state index contributed by atoms with van der Waals surface area (Å²) in [5, 5.41) is 4.04. The van der Waals surface area contributed by atoms with Crippen LogP contribution in [0.4, 0.5) is 5.69 Å². The number of oxazole rings is 1. The molecule has 0 atom stereocenters. The van der Waals surface area contributed by atoms with E-state index < -0.39 is 0 Å². The van der Waals surface area contributed by atoms with E-state index in [9.17, 15) is 4.79 Å². The number of aromatic nitrogens is 1. The van der Waals surface area contributed by atoms with Gasteiger partial charge in [-0.1, -0.05) is 46.9 Å². The lowest BCUT2D eigenvalue weighted by atomic mass is 10.1. The number of fused-ring (bicyclic) bond motifs is 1. The van der Waals surface area contributed by atoms with E-state index in [1.807, 2.05) is 24.3 Å². The van der Waals surface area contributed by atoms with Gasteiger partial charge >= 0.3 is 0 Å². The zero-order valence-electron chi connectivity index (χ0n) is 16.2. The van der Waals surface area contributed by atoms with Crippen molar-refractivity contribution in [3.05, 3.63) is 81.3 Å². The van der Waals surface area contributed by atoms with Crippen molar-refractivity contribution in [3.8, 4) is 17.2 Å². The third-order valence-corrected chi connectivity index (χ3v) is 5.24. The number of ether oxygens (including phenoxy) is 1. The minimum atomic E-state index is -0.357. The molecule has 0 bridgehead atoms. The van der Waals surface area contributed by atoms with Gasteiger partial charge in [-0.05, 0) is 48.5 Å². The topological polar surface area (TPSA) is 64.4 Å². The molecular formula is C23H15Cl3N2O3. The number of carbonyl (C=O) groups is 1. The molecule has 0 aliphatic rings. The van der Waals surface area contributed by atoms with Gasteiger partial charge in [-0.25, -0.2) is 4.98 Å². The maximum Gasteiger partial charge on any atom is 0.248 e. The number of methoxy groups -OCH3 is 1. The van der Waals surface area contributed by atoms with E-state index in [1.54, 1.807) is 36.4 Å². The van der Waals surface area contributed by atoms with Crippen molar-refractivity contribution in [2.75, 3.05) is 12.4 Å². The first kappa shape index (κ1) is 21.2. The van der Waals surface area contributed by atoms with Crippen molar-refractivity contribution < 1.29 is 13.9 Å². The summed E-state index contributed by atoms with van der Waals surface area (Å²) >= 11 is 18.5. The normalized spacial score (nSPS) is 11.2. The Balaban J connectivity index is 1.57. The highest BCUT2D eigenvalue weighted by Gasteiger charge is 2.13. The summed E-state index contributed by atoms with van der Waals surface area (Å²) in [4.78, 5) is 16.9. The van der Waals surface area contributed by atoms with E-state index in [0.717, 1.165) is 5.52 Å². The number of anilines is 1. The summed E-state index contributed by atoms with van der Waals surface area (Å²) in [5.74, 6) is 0.444. The van der Waals surface area contributed by atoms with E-state index in [-0.39, 0.29) is 5.91 Å². The van der Waals surface area contributed by atoms with Gasteiger partial charge in [-0.15, -0.1) is 0 Å². The molecule has 0 unspecified atom stereocenters. The first-order valence-electron chi connectivity index (χ1n) is 9.12. The maximum atomic E-state index is 12.5. The number of rotatable bonds is 5. The maximum absolute atomic E-state index is 12.5. The van der Waals surface area contributed by atoms with E-state index in [1.165, 1.54) is 13.2 Å². The summed E-state index contributed by atoms with van der Waals surface area (Å²) < 4.78 is 11.1. The van der Waals surface area contributed by atoms with Gasteiger partial charge in [0.2, 0.25) is 11.8 Å². The Morgan fingerprint density at radius 1 is 1.06 bits per heavy atom. The zero-order valence-corrected chi connectivity index (χ0v) is 18.4. The van der Waals surface area contributed by atoms with Gasteiger partial charge in [0.05, 0.1) is 22.7 Å². The van der Waals surface area contributed by atoms with Gasteiger partial charge in [0.15, 0.2) is 5.58 Å². The van der Waals surface area contributed by atoms with Crippen molar-refractivity contribution in [1.29, 1.82) is 0 Å². The van der Waals surface area contributed by atoms with Gasteiger partial charge in [0, 0.05) is 22.3 Å². The Morgan fingerprint density at radius 3 is 2.65 bits per heavy atom. The number of carbonyl (C=O) groups excluding carboxylic acids is 1. The van der Waals surface area contributed by atoms with Crippen LogP contribution in [0.2, 0.25) is 15.1 Å². The predicted molar refractivity (Wildman–Crippen MR) is 125 cm³/mol. The van der Waals surface area contributed by atoms with Gasteiger partial charge in [-0.3, -0.25) is 4.79 Å². The van der Waals surface area contributed by atoms with Crippen molar-refractivity contribution in [2.24, 2.45) is 0 Å². The molecule has 4 rings (SSSR count). The van der Waals surface area contributed by atoms with Crippen LogP contribution < -0.4 is 10.1 Å². The number of hydrogen-bond donors (Lipinski definition) is 1. The number of halogens is 3. The van der Waals surface area contributed by atoms with Crippen molar-refractivity contribution in [3.63, 3.8) is 0 Å². The summed E-state index contributed by atoms with van der Waals surface area (Å²) in [6, 6.07) is 15.7. The molecule has 0 aliphatic carbocycles. The minimum Gasteiger partial charge on any atom is -0.495 e. The van der Waals surface area contributed by atoms with Crippen LogP contribution >= 0.6 is 34.8 Å². The number of hydrogen-bond acceptors (Lipinski definition) is 4. The molecule has 0 saturated heterocycles. The second kappa shape index (κ2) is 9.02. The largest absolute Gasteiger partial charge is 0.495 e. The Labute approximate surface area is 193 Å². The third kappa shape index (κ3) is 4.69. The fraction of sp³-hybridized carbons (Fsp3) is 0.0435. The van der Waals surface area contributed by atoms with Crippen LogP contribution in [0.15, 0.2) is 65.1 Å². The number of nitrogens with one attached hydrogen (secondary N) is 1. The zero-order chi connectivity index (χ0) is 22.0. The molecule has 31 heavy (non-hydrogen) atoms. The van der Waals surface area contributed by atoms with Crippen LogP contribution in [0.1, 0.15) is 5.56 Å². The molecule has 156 valence electrons. The van der Waals surface area contributed by atoms with Crippen LogP contribution in [0.25, 0.3) is 28.6 Å². The number of benzene rings is 3. The molecular weight excluding hydrogens is 459 g/mol. The molecule has 3 aromatic carbocycles. The Bertz CT molecular complexity index is 1280. The second-order valence-electron chi connectivity index (χ2n) is 6.51. The van der Waals surface area contributed by atoms with Crippen molar-refractivity contribution >= 4 is 63.6 Å². The van der Waals surface area contributed by atoms with Gasteiger partial charge < -0.3 is 14.5 Å². The van der Waals surface area contributed by atoms with Gasteiger partial charge in [-0.2, -0.15) is 0 Å². The molecule has 0 radical (unpaired) electrons. The standard InChI is InChI=1S/C23H15Cl3N2O3/c1-30-22-13(10-14(24)11-18(22)26)6-9-21(29)27-15-7-8-17(25)16(12-15)23-28-19-4-2-3-5-20(19)31-23/h2-12H,1H3,(H,27,29)/b9-6+. The highest BCUT2D eigenvalue weighted by molar-refractivity contribution is 6.36. The lowest BCUT2D eigenvalue weighted by Crippen LogP contribution is -2.07. The lowest BCUT2D eigenvalue weighted by Gasteiger charge is -2.08. The number of nitrogens with zero attached hydrogens (tertiary/aromatic N) is 1. The van der Waals surface area contributed by atoms with E-state index in [2.05, 4.69) is 10.3 Å². The summed E-state index contributed by atoms with van der Waals surface area (Å²) in [6.45, 7) is 0. The Hall–Kier alpha value is -2.99. The highest BCUT2D eigenvalue weighted by Crippen LogP contribution is 2.34. The van der Waals surface area contributed by atoms with Crippen LogP contribution in [-0.2, 0) is 4.79 Å². The molecule has 8 heteroatoms. The van der Waals surface area contributed by atoms with Gasteiger partial charge in [0.25, 0.3) is 0 Å². The highest BCUT2D eigenvalue weighted by atomic mass is 35.5. The SMILES string of the molecule is COc1c(Cl)cc(Cl)cc1/C=C/C(=O)Nc1ccc(Cl)c(-c2nc3ccccc3o2)c1. The first-order chi connectivity index (χ1) is 14.9. The van der Waals surface area contributed by atoms with E-state index >= 15 is 0 Å². The molecule has 5 nitrogen and oxygen atoms in total. The molecule has 0 aliphatic heterocycles. The monoisotopic (exact) mass is 472 g/mol. The van der Waals surface area contributed by atoms with Crippen LogP contribution in [0.3, 0.4) is 0 Å². The smallest absolute Gasteiger partial charge is 0.248 e. The minimum absolute atomic E-state index is 0.357. The molecule has 1 aromatic heterocycles. The molecule has 1 heterocycles. The Morgan fingerprint density at radius 2 is 1.87 bits per heavy atom. The number of para-hydroxylation sites is 2. The molecule has 1 amide bonds. The molecule has 1 N–H and O–H groups in total. The molecule has 0 spiro atoms. The second-order valence-corrected chi connectivity index (χ2v) is 7.76. The van der Waals surface area contributed by atoms with E-state index in [0.29, 0.717) is 49.1 Å². The first-order valence-corrected chi connectivity index (χ1v) is 10.3. The van der Waals surface area contributed by atoms with Crippen molar-refractivity contribution in [1.82, 2.24) is 4.98 Å². The van der Waals surface area contributed by atoms with Crippen LogP contribution in [-0.4, -0.2) is 18.0 Å². The van der Waals surface area contributed by atoms with Crippen LogP contribution in [0, 0.1) is 0 Å². The average molecular weight is 474 g/mol. The molecule has 4 aromatic rings. The predicted octanol–water partition coefficient (Wildman–Crippen LogP) is 7.12. The van der Waals surface area contributed by atoms with Crippen molar-refractivity contribution in [2.45, 2.75) is 0 Å². The quantitative estimate of drug-likeness (QED) is 0.314. The summed E-state index contributed by atoms with van der Waals surface area (Å²) in [7, 11) is 1.49. The fourth-order valence-electron chi connectivity index (χ4n) is 3.02. The number of amides is 1. The Kier molecular flexibility index (Phi) is 6.18. The van der Waals surface area contributed by atoms with E-state index in [4.69, 9.17) is 44.0 Å². The third-order valence-electron chi connectivity index (χ3n) is 4.41. The fourth-order valence-corrected chi connectivity index (χ4v) is 3.81. The average Bonchev–Trinajstić information content (AvgIpc) is 3.17. The summed E-state index contributed by atoms with van der Waals surface area (Å²) in [5.41, 5.74) is 3.06.